The van der Waals surface area contributed by atoms with E-state index in [9.17, 15) is 0 Å². The predicted octanol–water partition coefficient (Wildman–Crippen LogP) is 4.68. The van der Waals surface area contributed by atoms with Crippen molar-refractivity contribution in [3.05, 3.63) is 28.2 Å². The van der Waals surface area contributed by atoms with Crippen LogP contribution in [0.2, 0.25) is 0 Å². The molecule has 1 nitrogen and oxygen atoms in total. The molecule has 0 aromatic heterocycles. The molecule has 0 amide bonds. The molecule has 0 N–H and O–H groups in total. The molecule has 16 heavy (non-hydrogen) atoms. The molecule has 2 rings (SSSR count). The fraction of sp³-hybridized carbons (Fsp3) is 0.571. The average Bonchev–Trinajstić information content (AvgIpc) is 2.59. The van der Waals surface area contributed by atoms with Crippen molar-refractivity contribution in [3.8, 4) is 5.75 Å². The predicted molar refractivity (Wildman–Crippen MR) is 71.1 cm³/mol. The fourth-order valence-corrected chi connectivity index (χ4v) is 3.19. The average molecular weight is 283 g/mol. The van der Waals surface area contributed by atoms with Crippen LogP contribution in [0.3, 0.4) is 0 Å². The Bertz CT molecular complexity index is 361. The van der Waals surface area contributed by atoms with Crippen molar-refractivity contribution in [2.75, 3.05) is 6.61 Å². The van der Waals surface area contributed by atoms with Gasteiger partial charge in [-0.15, -0.1) is 0 Å². The summed E-state index contributed by atoms with van der Waals surface area (Å²) in [7, 11) is 0. The fourth-order valence-electron chi connectivity index (χ4n) is 2.83. The van der Waals surface area contributed by atoms with Crippen molar-refractivity contribution in [2.45, 2.75) is 44.9 Å². The molecule has 0 spiro atoms. The lowest BCUT2D eigenvalue weighted by atomic mass is 9.75. The Morgan fingerprint density at radius 1 is 1.25 bits per heavy atom. The SMILES string of the molecule is CCCC1(CCC)COc2ccc(Br)cc21. The van der Waals surface area contributed by atoms with Gasteiger partial charge in [0.2, 0.25) is 0 Å². The van der Waals surface area contributed by atoms with Gasteiger partial charge in [0.25, 0.3) is 0 Å². The van der Waals surface area contributed by atoms with Crippen LogP contribution in [0.5, 0.6) is 5.75 Å². The first-order valence-electron chi connectivity index (χ1n) is 6.14. The van der Waals surface area contributed by atoms with Crippen LogP contribution in [0.1, 0.15) is 45.1 Å². The number of hydrogen-bond acceptors (Lipinski definition) is 1. The highest BCUT2D eigenvalue weighted by molar-refractivity contribution is 9.10. The quantitative estimate of drug-likeness (QED) is 0.779. The van der Waals surface area contributed by atoms with Crippen molar-refractivity contribution in [1.29, 1.82) is 0 Å². The number of hydrogen-bond donors (Lipinski definition) is 0. The Labute approximate surface area is 106 Å². The van der Waals surface area contributed by atoms with Gasteiger partial charge in [0.05, 0.1) is 6.61 Å². The van der Waals surface area contributed by atoms with E-state index in [0.29, 0.717) is 0 Å². The molecule has 88 valence electrons. The van der Waals surface area contributed by atoms with Gasteiger partial charge < -0.3 is 4.74 Å². The van der Waals surface area contributed by atoms with Crippen LogP contribution in [0.25, 0.3) is 0 Å². The normalized spacial score (nSPS) is 16.9. The topological polar surface area (TPSA) is 9.23 Å². The molecular weight excluding hydrogens is 264 g/mol. The number of ether oxygens (including phenoxy) is 1. The van der Waals surface area contributed by atoms with Crippen LogP contribution >= 0.6 is 15.9 Å². The number of rotatable bonds is 4. The molecular formula is C14H19BrO. The first kappa shape index (κ1) is 12.0. The molecule has 0 radical (unpaired) electrons. The van der Waals surface area contributed by atoms with Crippen LogP contribution in [-0.4, -0.2) is 6.61 Å². The van der Waals surface area contributed by atoms with Crippen LogP contribution < -0.4 is 4.74 Å². The summed E-state index contributed by atoms with van der Waals surface area (Å²) in [6, 6.07) is 6.40. The minimum atomic E-state index is 0.266. The Morgan fingerprint density at radius 3 is 2.56 bits per heavy atom. The van der Waals surface area contributed by atoms with E-state index in [2.05, 4.69) is 48.0 Å². The summed E-state index contributed by atoms with van der Waals surface area (Å²) in [5.74, 6) is 1.09. The van der Waals surface area contributed by atoms with Crippen LogP contribution in [-0.2, 0) is 5.41 Å². The maximum Gasteiger partial charge on any atom is 0.123 e. The van der Waals surface area contributed by atoms with Crippen molar-refractivity contribution in [3.63, 3.8) is 0 Å². The third kappa shape index (κ3) is 2.00. The second-order valence-corrected chi connectivity index (χ2v) is 5.63. The van der Waals surface area contributed by atoms with Gasteiger partial charge in [-0.3, -0.25) is 0 Å². The van der Waals surface area contributed by atoms with Crippen molar-refractivity contribution in [1.82, 2.24) is 0 Å². The van der Waals surface area contributed by atoms with Gasteiger partial charge in [-0.2, -0.15) is 0 Å². The molecule has 1 aromatic carbocycles. The lowest BCUT2D eigenvalue weighted by Gasteiger charge is -2.27. The molecule has 0 unspecified atom stereocenters. The summed E-state index contributed by atoms with van der Waals surface area (Å²) >= 11 is 3.56. The highest BCUT2D eigenvalue weighted by Crippen LogP contribution is 2.45. The molecule has 0 bridgehead atoms. The Morgan fingerprint density at radius 2 is 1.94 bits per heavy atom. The van der Waals surface area contributed by atoms with E-state index in [0.717, 1.165) is 16.8 Å². The van der Waals surface area contributed by atoms with E-state index in [1.165, 1.54) is 31.2 Å². The third-order valence-electron chi connectivity index (χ3n) is 3.47. The van der Waals surface area contributed by atoms with Gasteiger partial charge in [-0.25, -0.2) is 0 Å². The molecule has 0 atom stereocenters. The Kier molecular flexibility index (Phi) is 3.58. The van der Waals surface area contributed by atoms with Gasteiger partial charge in [-0.1, -0.05) is 42.6 Å². The van der Waals surface area contributed by atoms with Crippen molar-refractivity contribution in [2.24, 2.45) is 0 Å². The molecule has 2 heteroatoms. The first-order valence-corrected chi connectivity index (χ1v) is 6.94. The highest BCUT2D eigenvalue weighted by Gasteiger charge is 2.38. The van der Waals surface area contributed by atoms with Crippen LogP contribution in [0.15, 0.2) is 22.7 Å². The van der Waals surface area contributed by atoms with Crippen molar-refractivity contribution < 1.29 is 4.74 Å². The standard InChI is InChI=1S/C14H19BrO/c1-3-7-14(8-4-2)10-16-13-6-5-11(15)9-12(13)14/h5-6,9H,3-4,7-8,10H2,1-2H3. The monoisotopic (exact) mass is 282 g/mol. The number of halogens is 1. The summed E-state index contributed by atoms with van der Waals surface area (Å²) in [6.45, 7) is 5.38. The van der Waals surface area contributed by atoms with E-state index >= 15 is 0 Å². The second-order valence-electron chi connectivity index (χ2n) is 4.71. The molecule has 1 aromatic rings. The molecule has 0 aliphatic carbocycles. The summed E-state index contributed by atoms with van der Waals surface area (Å²) in [4.78, 5) is 0. The second kappa shape index (κ2) is 4.79. The van der Waals surface area contributed by atoms with E-state index in [4.69, 9.17) is 4.74 Å². The molecule has 1 aliphatic heterocycles. The van der Waals surface area contributed by atoms with Gasteiger partial charge in [0, 0.05) is 15.5 Å². The Hall–Kier alpha value is -0.500. The van der Waals surface area contributed by atoms with Gasteiger partial charge in [-0.05, 0) is 31.0 Å². The zero-order chi connectivity index (χ0) is 11.6. The number of benzene rings is 1. The smallest absolute Gasteiger partial charge is 0.123 e. The van der Waals surface area contributed by atoms with Gasteiger partial charge >= 0.3 is 0 Å². The minimum Gasteiger partial charge on any atom is -0.492 e. The lowest BCUT2D eigenvalue weighted by molar-refractivity contribution is 0.239. The van der Waals surface area contributed by atoms with Gasteiger partial charge in [0.15, 0.2) is 0 Å². The minimum absolute atomic E-state index is 0.266. The molecule has 0 fully saturated rings. The van der Waals surface area contributed by atoms with Crippen molar-refractivity contribution >= 4 is 15.9 Å². The largest absolute Gasteiger partial charge is 0.492 e. The summed E-state index contributed by atoms with van der Waals surface area (Å²) in [5.41, 5.74) is 1.67. The van der Waals surface area contributed by atoms with E-state index in [1.54, 1.807) is 0 Å². The maximum absolute atomic E-state index is 5.85. The molecule has 0 saturated heterocycles. The van der Waals surface area contributed by atoms with Crippen LogP contribution in [0, 0.1) is 0 Å². The van der Waals surface area contributed by atoms with Crippen LogP contribution in [0.4, 0.5) is 0 Å². The molecule has 0 saturated carbocycles. The maximum atomic E-state index is 5.85. The van der Waals surface area contributed by atoms with E-state index < -0.39 is 0 Å². The zero-order valence-electron chi connectivity index (χ0n) is 10.1. The summed E-state index contributed by atoms with van der Waals surface area (Å²) in [5, 5.41) is 0. The first-order chi connectivity index (χ1) is 7.72. The van der Waals surface area contributed by atoms with E-state index in [-0.39, 0.29) is 5.41 Å². The third-order valence-corrected chi connectivity index (χ3v) is 3.97. The molecule has 1 aliphatic rings. The lowest BCUT2D eigenvalue weighted by Crippen LogP contribution is -2.27. The zero-order valence-corrected chi connectivity index (χ0v) is 11.6. The summed E-state index contributed by atoms with van der Waals surface area (Å²) < 4.78 is 7.01. The number of fused-ring (bicyclic) bond motifs is 1. The van der Waals surface area contributed by atoms with E-state index in [1.807, 2.05) is 0 Å². The Balaban J connectivity index is 2.40. The van der Waals surface area contributed by atoms with Gasteiger partial charge in [0.1, 0.15) is 5.75 Å². The highest BCUT2D eigenvalue weighted by atomic mass is 79.9. The molecule has 1 heterocycles. The summed E-state index contributed by atoms with van der Waals surface area (Å²) in [6.07, 6.45) is 4.89.